The maximum atomic E-state index is 8.91. The van der Waals surface area contributed by atoms with Crippen LogP contribution in [0.25, 0.3) is 0 Å². The minimum atomic E-state index is 0.243. The van der Waals surface area contributed by atoms with Crippen LogP contribution in [0.4, 0.5) is 0 Å². The highest BCUT2D eigenvalue weighted by atomic mass is 16.5. The van der Waals surface area contributed by atoms with Gasteiger partial charge in [-0.25, -0.2) is 0 Å². The molecule has 0 aromatic carbocycles. The Kier molecular flexibility index (Phi) is 6.24. The third-order valence-electron chi connectivity index (χ3n) is 2.73. The lowest BCUT2D eigenvalue weighted by Crippen LogP contribution is -2.46. The summed E-state index contributed by atoms with van der Waals surface area (Å²) in [5, 5.41) is 8.91. The highest BCUT2D eigenvalue weighted by molar-refractivity contribution is 6.08. The predicted octanol–water partition coefficient (Wildman–Crippen LogP) is 0.437. The lowest BCUT2D eigenvalue weighted by Gasteiger charge is -2.35. The average Bonchev–Trinajstić information content (AvgIpc) is 2.21. The number of rotatable bonds is 6. The number of β-amino-alcohol motifs (C(OH)–C–C–N with tert-alkyl or cyclic N) is 1. The van der Waals surface area contributed by atoms with Gasteiger partial charge in [-0.05, 0) is 6.42 Å². The van der Waals surface area contributed by atoms with E-state index in [1.807, 2.05) is 0 Å². The first-order valence-corrected chi connectivity index (χ1v) is 5.51. The van der Waals surface area contributed by atoms with Gasteiger partial charge >= 0.3 is 0 Å². The quantitative estimate of drug-likeness (QED) is 0.495. The summed E-state index contributed by atoms with van der Waals surface area (Å²) in [6.07, 6.45) is 4.15. The number of aliphatic hydroxyl groups is 1. The van der Waals surface area contributed by atoms with Crippen molar-refractivity contribution in [3.8, 4) is 0 Å². The largest absolute Gasteiger partial charge is 0.395 e. The van der Waals surface area contributed by atoms with Crippen molar-refractivity contribution in [3.05, 3.63) is 0 Å². The van der Waals surface area contributed by atoms with E-state index < -0.39 is 0 Å². The molecule has 3 nitrogen and oxygen atoms in total. The molecule has 0 saturated carbocycles. The lowest BCUT2D eigenvalue weighted by molar-refractivity contribution is -0.0169. The van der Waals surface area contributed by atoms with E-state index in [1.54, 1.807) is 0 Å². The van der Waals surface area contributed by atoms with Crippen LogP contribution in [0.2, 0.25) is 6.32 Å². The molecule has 1 fully saturated rings. The van der Waals surface area contributed by atoms with E-state index >= 15 is 0 Å². The van der Waals surface area contributed by atoms with Gasteiger partial charge in [-0.3, -0.25) is 4.90 Å². The number of aliphatic hydroxyl groups excluding tert-OH is 1. The van der Waals surface area contributed by atoms with E-state index in [4.69, 9.17) is 17.7 Å². The zero-order valence-electron chi connectivity index (χ0n) is 8.82. The molecule has 1 atom stereocenters. The number of morpholine rings is 1. The maximum absolute atomic E-state index is 8.91. The van der Waals surface area contributed by atoms with Gasteiger partial charge in [0.05, 0.1) is 27.7 Å². The fourth-order valence-corrected chi connectivity index (χ4v) is 1.90. The Labute approximate surface area is 87.8 Å². The molecule has 1 aliphatic rings. The molecule has 1 heterocycles. The molecule has 2 radical (unpaired) electrons. The second kappa shape index (κ2) is 7.26. The summed E-state index contributed by atoms with van der Waals surface area (Å²) in [4.78, 5) is 2.32. The summed E-state index contributed by atoms with van der Waals surface area (Å²) in [6.45, 7) is 3.58. The van der Waals surface area contributed by atoms with Gasteiger partial charge in [-0.1, -0.05) is 19.2 Å². The van der Waals surface area contributed by atoms with Gasteiger partial charge in [0, 0.05) is 19.1 Å². The Morgan fingerprint density at radius 3 is 3.00 bits per heavy atom. The first kappa shape index (κ1) is 12.0. The van der Waals surface area contributed by atoms with Crippen molar-refractivity contribution in [2.75, 3.05) is 32.9 Å². The van der Waals surface area contributed by atoms with Gasteiger partial charge in [0.25, 0.3) is 0 Å². The Bertz CT molecular complexity index is 144. The van der Waals surface area contributed by atoms with Crippen molar-refractivity contribution in [3.63, 3.8) is 0 Å². The lowest BCUT2D eigenvalue weighted by atomic mass is 9.97. The van der Waals surface area contributed by atoms with Gasteiger partial charge in [-0.2, -0.15) is 0 Å². The average molecular weight is 197 g/mol. The fraction of sp³-hybridized carbons (Fsp3) is 1.00. The molecule has 0 aliphatic carbocycles. The van der Waals surface area contributed by atoms with Gasteiger partial charge in [0.15, 0.2) is 0 Å². The summed E-state index contributed by atoms with van der Waals surface area (Å²) >= 11 is 0. The van der Waals surface area contributed by atoms with Crippen molar-refractivity contribution >= 4 is 7.85 Å². The standard InChI is InChI=1S/C10H20BNO2/c11-4-2-1-3-10-9-14-8-6-12(10)5-7-13/h10,13H,1-9H2. The molecule has 1 unspecified atom stereocenters. The van der Waals surface area contributed by atoms with Crippen LogP contribution >= 0.6 is 0 Å². The highest BCUT2D eigenvalue weighted by Crippen LogP contribution is 2.13. The first-order valence-electron chi connectivity index (χ1n) is 5.51. The molecule has 1 aliphatic heterocycles. The topological polar surface area (TPSA) is 32.7 Å². The van der Waals surface area contributed by atoms with Crippen LogP contribution in [-0.2, 0) is 4.74 Å². The summed E-state index contributed by atoms with van der Waals surface area (Å²) in [5.74, 6) is 0. The minimum absolute atomic E-state index is 0.243. The first-order chi connectivity index (χ1) is 6.88. The van der Waals surface area contributed by atoms with E-state index in [9.17, 15) is 0 Å². The van der Waals surface area contributed by atoms with Crippen LogP contribution in [0.15, 0.2) is 0 Å². The normalized spacial score (nSPS) is 23.9. The Balaban J connectivity index is 2.22. The Morgan fingerprint density at radius 1 is 1.43 bits per heavy atom. The van der Waals surface area contributed by atoms with Crippen LogP contribution in [0.3, 0.4) is 0 Å². The number of nitrogens with zero attached hydrogens (tertiary/aromatic N) is 1. The fourth-order valence-electron chi connectivity index (χ4n) is 1.90. The molecular formula is C10H20BNO2. The maximum Gasteiger partial charge on any atom is 0.0653 e. The number of unbranched alkanes of at least 4 members (excludes halogenated alkanes) is 1. The molecule has 14 heavy (non-hydrogen) atoms. The summed E-state index contributed by atoms with van der Waals surface area (Å²) in [7, 11) is 5.45. The number of hydrogen-bond acceptors (Lipinski definition) is 3. The third kappa shape index (κ3) is 3.99. The molecule has 1 N–H and O–H groups in total. The van der Waals surface area contributed by atoms with Crippen LogP contribution in [0.5, 0.6) is 0 Å². The minimum Gasteiger partial charge on any atom is -0.395 e. The van der Waals surface area contributed by atoms with Crippen LogP contribution < -0.4 is 0 Å². The summed E-state index contributed by atoms with van der Waals surface area (Å²) < 4.78 is 5.43. The molecular weight excluding hydrogens is 177 g/mol. The molecule has 0 bridgehead atoms. The van der Waals surface area contributed by atoms with Gasteiger partial charge in [0.2, 0.25) is 0 Å². The molecule has 0 amide bonds. The molecule has 0 spiro atoms. The second-order valence-corrected chi connectivity index (χ2v) is 3.77. The molecule has 0 aromatic rings. The van der Waals surface area contributed by atoms with Gasteiger partial charge in [0.1, 0.15) is 0 Å². The highest BCUT2D eigenvalue weighted by Gasteiger charge is 2.21. The smallest absolute Gasteiger partial charge is 0.0653 e. The van der Waals surface area contributed by atoms with E-state index in [0.717, 1.165) is 51.9 Å². The van der Waals surface area contributed by atoms with Crippen molar-refractivity contribution in [2.45, 2.75) is 31.6 Å². The van der Waals surface area contributed by atoms with E-state index in [-0.39, 0.29) is 6.61 Å². The van der Waals surface area contributed by atoms with Crippen molar-refractivity contribution < 1.29 is 9.84 Å². The Morgan fingerprint density at radius 2 is 2.29 bits per heavy atom. The molecule has 80 valence electrons. The van der Waals surface area contributed by atoms with Crippen LogP contribution in [0.1, 0.15) is 19.3 Å². The summed E-state index contributed by atoms with van der Waals surface area (Å²) in [5.41, 5.74) is 0. The number of hydrogen-bond donors (Lipinski definition) is 1. The molecule has 1 rings (SSSR count). The third-order valence-corrected chi connectivity index (χ3v) is 2.73. The van der Waals surface area contributed by atoms with E-state index in [1.165, 1.54) is 0 Å². The van der Waals surface area contributed by atoms with Gasteiger partial charge in [-0.15, -0.1) is 0 Å². The monoisotopic (exact) mass is 197 g/mol. The van der Waals surface area contributed by atoms with Crippen molar-refractivity contribution in [1.82, 2.24) is 4.90 Å². The van der Waals surface area contributed by atoms with E-state index in [0.29, 0.717) is 6.04 Å². The van der Waals surface area contributed by atoms with Crippen LogP contribution in [0, 0.1) is 0 Å². The molecule has 0 aromatic heterocycles. The molecule has 1 saturated heterocycles. The SMILES string of the molecule is [B]CCCCC1COCCN1CCO. The zero-order valence-corrected chi connectivity index (χ0v) is 8.82. The van der Waals surface area contributed by atoms with E-state index in [2.05, 4.69) is 4.90 Å². The number of ether oxygens (including phenoxy) is 1. The summed E-state index contributed by atoms with van der Waals surface area (Å²) in [6, 6.07) is 0.488. The predicted molar refractivity (Wildman–Crippen MR) is 57.7 cm³/mol. The van der Waals surface area contributed by atoms with Crippen molar-refractivity contribution in [1.29, 1.82) is 0 Å². The molecule has 4 heteroatoms. The van der Waals surface area contributed by atoms with Gasteiger partial charge < -0.3 is 9.84 Å². The van der Waals surface area contributed by atoms with Crippen molar-refractivity contribution in [2.24, 2.45) is 0 Å². The zero-order chi connectivity index (χ0) is 10.2. The Hall–Kier alpha value is -0.0551. The second-order valence-electron chi connectivity index (χ2n) is 3.77. The van der Waals surface area contributed by atoms with Crippen LogP contribution in [-0.4, -0.2) is 56.8 Å².